The maximum absolute atomic E-state index is 5.21. The molecule has 0 unspecified atom stereocenters. The number of hydrogen-bond acceptors (Lipinski definition) is 5. The minimum Gasteiger partial charge on any atom is -0.382 e. The summed E-state index contributed by atoms with van der Waals surface area (Å²) in [5.41, 5.74) is 0. The molecule has 17 heavy (non-hydrogen) atoms. The van der Waals surface area contributed by atoms with Gasteiger partial charge in [-0.2, -0.15) is 4.98 Å². The van der Waals surface area contributed by atoms with E-state index in [4.69, 9.17) is 17.0 Å². The summed E-state index contributed by atoms with van der Waals surface area (Å²) in [5, 5.41) is 10.5. The molecule has 0 fully saturated rings. The molecule has 0 amide bonds. The van der Waals surface area contributed by atoms with E-state index in [1.165, 1.54) is 6.39 Å². The second-order valence-electron chi connectivity index (χ2n) is 3.33. The molecular weight excluding hydrogens is 240 g/mol. The highest BCUT2D eigenvalue weighted by Gasteiger charge is 1.99. The van der Waals surface area contributed by atoms with Crippen LogP contribution in [0.15, 0.2) is 10.9 Å². The Balaban J connectivity index is 1.94. The Morgan fingerprint density at radius 3 is 3.00 bits per heavy atom. The fourth-order valence-corrected chi connectivity index (χ4v) is 1.38. The van der Waals surface area contributed by atoms with Gasteiger partial charge in [0.1, 0.15) is 0 Å². The highest BCUT2D eigenvalue weighted by Crippen LogP contribution is 1.88. The van der Waals surface area contributed by atoms with E-state index in [0.717, 1.165) is 26.2 Å². The van der Waals surface area contributed by atoms with Crippen LogP contribution >= 0.6 is 12.2 Å². The van der Waals surface area contributed by atoms with Crippen LogP contribution in [0.2, 0.25) is 0 Å². The minimum atomic E-state index is 0.644. The molecule has 0 atom stereocenters. The molecule has 0 saturated carbocycles. The summed E-state index contributed by atoms with van der Waals surface area (Å²) in [7, 11) is 0. The second kappa shape index (κ2) is 8.89. The van der Waals surface area contributed by atoms with Crippen LogP contribution in [0.5, 0.6) is 0 Å². The number of ether oxygens (including phenoxy) is 1. The molecule has 1 rings (SSSR count). The fourth-order valence-electron chi connectivity index (χ4n) is 1.17. The van der Waals surface area contributed by atoms with E-state index in [0.29, 0.717) is 23.9 Å². The number of thiocarbonyl (C=S) groups is 1. The van der Waals surface area contributed by atoms with E-state index < -0.39 is 0 Å². The molecule has 96 valence electrons. The largest absolute Gasteiger partial charge is 0.382 e. The number of hydrogen-bond donors (Lipinski definition) is 2. The molecule has 1 aromatic heterocycles. The third-order valence-electron chi connectivity index (χ3n) is 2.00. The fraction of sp³-hybridized carbons (Fsp3) is 0.700. The maximum atomic E-state index is 5.21. The van der Waals surface area contributed by atoms with Gasteiger partial charge in [-0.3, -0.25) is 0 Å². The first-order valence-corrected chi connectivity index (χ1v) is 6.08. The van der Waals surface area contributed by atoms with Gasteiger partial charge in [0.15, 0.2) is 10.9 Å². The van der Waals surface area contributed by atoms with Crippen molar-refractivity contribution in [2.24, 2.45) is 0 Å². The minimum absolute atomic E-state index is 0.644. The SMILES string of the molecule is CCOCCCNC(=S)NCCc1ncon1. The van der Waals surface area contributed by atoms with Gasteiger partial charge in [-0.15, -0.1) is 0 Å². The van der Waals surface area contributed by atoms with E-state index in [1.54, 1.807) is 0 Å². The van der Waals surface area contributed by atoms with Gasteiger partial charge < -0.3 is 19.9 Å². The average molecular weight is 258 g/mol. The molecule has 0 spiro atoms. The van der Waals surface area contributed by atoms with Gasteiger partial charge in [0, 0.05) is 32.7 Å². The van der Waals surface area contributed by atoms with Gasteiger partial charge in [-0.25, -0.2) is 0 Å². The highest BCUT2D eigenvalue weighted by atomic mass is 32.1. The molecule has 1 aromatic rings. The Hall–Kier alpha value is -1.21. The molecular formula is C10H18N4O2S. The quantitative estimate of drug-likeness (QED) is 0.519. The van der Waals surface area contributed by atoms with Crippen LogP contribution in [-0.4, -0.2) is 41.6 Å². The van der Waals surface area contributed by atoms with Gasteiger partial charge in [0.2, 0.25) is 6.39 Å². The van der Waals surface area contributed by atoms with Crippen molar-refractivity contribution in [3.8, 4) is 0 Å². The molecule has 0 aliphatic heterocycles. The summed E-state index contributed by atoms with van der Waals surface area (Å²) in [6, 6.07) is 0. The Bertz CT molecular complexity index is 305. The van der Waals surface area contributed by atoms with Crippen LogP contribution in [0.4, 0.5) is 0 Å². The average Bonchev–Trinajstić information content (AvgIpc) is 2.82. The summed E-state index contributed by atoms with van der Waals surface area (Å²) in [6.07, 6.45) is 2.96. The van der Waals surface area contributed by atoms with Crippen molar-refractivity contribution in [1.29, 1.82) is 0 Å². The second-order valence-corrected chi connectivity index (χ2v) is 3.74. The topological polar surface area (TPSA) is 72.2 Å². The predicted octanol–water partition coefficient (Wildman–Crippen LogP) is 0.503. The Morgan fingerprint density at radius 2 is 2.29 bits per heavy atom. The van der Waals surface area contributed by atoms with Crippen molar-refractivity contribution in [3.63, 3.8) is 0 Å². The van der Waals surface area contributed by atoms with E-state index >= 15 is 0 Å². The van der Waals surface area contributed by atoms with Gasteiger partial charge in [0.25, 0.3) is 0 Å². The van der Waals surface area contributed by atoms with Crippen molar-refractivity contribution in [1.82, 2.24) is 20.8 Å². The molecule has 0 aromatic carbocycles. The standard InChI is InChI=1S/C10H18N4O2S/c1-2-15-7-3-5-11-10(17)12-6-4-9-13-8-16-14-9/h8H,2-7H2,1H3,(H2,11,12,17). The van der Waals surface area contributed by atoms with Gasteiger partial charge in [-0.05, 0) is 25.6 Å². The lowest BCUT2D eigenvalue weighted by Crippen LogP contribution is -2.37. The molecule has 2 N–H and O–H groups in total. The van der Waals surface area contributed by atoms with Crippen molar-refractivity contribution >= 4 is 17.3 Å². The van der Waals surface area contributed by atoms with Gasteiger partial charge in [-0.1, -0.05) is 5.16 Å². The van der Waals surface area contributed by atoms with Crippen LogP contribution < -0.4 is 10.6 Å². The number of nitrogens with zero attached hydrogens (tertiary/aromatic N) is 2. The Morgan fingerprint density at radius 1 is 1.47 bits per heavy atom. The first kappa shape index (κ1) is 13.9. The van der Waals surface area contributed by atoms with Gasteiger partial charge in [0.05, 0.1) is 0 Å². The van der Waals surface area contributed by atoms with E-state index in [2.05, 4.69) is 25.3 Å². The lowest BCUT2D eigenvalue weighted by atomic mass is 10.4. The molecule has 6 nitrogen and oxygen atoms in total. The van der Waals surface area contributed by atoms with Crippen molar-refractivity contribution in [2.75, 3.05) is 26.3 Å². The zero-order valence-electron chi connectivity index (χ0n) is 9.94. The molecule has 0 saturated heterocycles. The molecule has 1 heterocycles. The summed E-state index contributed by atoms with van der Waals surface area (Å²) in [6.45, 7) is 5.00. The van der Waals surface area contributed by atoms with Crippen LogP contribution in [0, 0.1) is 0 Å². The van der Waals surface area contributed by atoms with Gasteiger partial charge >= 0.3 is 0 Å². The predicted molar refractivity (Wildman–Crippen MR) is 67.7 cm³/mol. The Kier molecular flexibility index (Phi) is 7.24. The highest BCUT2D eigenvalue weighted by molar-refractivity contribution is 7.80. The zero-order valence-corrected chi connectivity index (χ0v) is 10.8. The lowest BCUT2D eigenvalue weighted by Gasteiger charge is -2.09. The maximum Gasteiger partial charge on any atom is 0.213 e. The normalized spacial score (nSPS) is 10.2. The number of rotatable bonds is 8. The molecule has 0 aliphatic carbocycles. The monoisotopic (exact) mass is 258 g/mol. The first-order chi connectivity index (χ1) is 8.33. The third-order valence-corrected chi connectivity index (χ3v) is 2.28. The number of nitrogens with one attached hydrogen (secondary N) is 2. The summed E-state index contributed by atoms with van der Waals surface area (Å²) in [4.78, 5) is 3.91. The molecule has 0 radical (unpaired) electrons. The van der Waals surface area contributed by atoms with Crippen LogP contribution in [0.25, 0.3) is 0 Å². The van der Waals surface area contributed by atoms with E-state index in [1.807, 2.05) is 6.92 Å². The summed E-state index contributed by atoms with van der Waals surface area (Å²) in [5.74, 6) is 0.677. The summed E-state index contributed by atoms with van der Waals surface area (Å²) >= 11 is 5.10. The summed E-state index contributed by atoms with van der Waals surface area (Å²) < 4.78 is 9.84. The van der Waals surface area contributed by atoms with Crippen molar-refractivity contribution in [3.05, 3.63) is 12.2 Å². The van der Waals surface area contributed by atoms with Crippen LogP contribution in [-0.2, 0) is 11.2 Å². The molecule has 7 heteroatoms. The molecule has 0 aliphatic rings. The molecule has 0 bridgehead atoms. The van der Waals surface area contributed by atoms with Crippen LogP contribution in [0.3, 0.4) is 0 Å². The van der Waals surface area contributed by atoms with Crippen molar-refractivity contribution < 1.29 is 9.26 Å². The van der Waals surface area contributed by atoms with Crippen LogP contribution in [0.1, 0.15) is 19.2 Å². The van der Waals surface area contributed by atoms with E-state index in [-0.39, 0.29) is 0 Å². The number of aromatic nitrogens is 2. The lowest BCUT2D eigenvalue weighted by molar-refractivity contribution is 0.145. The third kappa shape index (κ3) is 6.85. The van der Waals surface area contributed by atoms with E-state index in [9.17, 15) is 0 Å². The zero-order chi connectivity index (χ0) is 12.3. The Labute approximate surface area is 106 Å². The smallest absolute Gasteiger partial charge is 0.213 e. The van der Waals surface area contributed by atoms with Crippen molar-refractivity contribution in [2.45, 2.75) is 19.8 Å². The first-order valence-electron chi connectivity index (χ1n) is 5.67.